The summed E-state index contributed by atoms with van der Waals surface area (Å²) in [4.78, 5) is 12.6. The molecule has 4 rings (SSSR count). The molecule has 0 saturated carbocycles. The van der Waals surface area contributed by atoms with Gasteiger partial charge in [-0.05, 0) is 83.4 Å². The number of carbonyl (C=O) groups excluding carboxylic acids is 1. The second-order valence-electron chi connectivity index (χ2n) is 7.06. The first kappa shape index (κ1) is 19.1. The highest BCUT2D eigenvalue weighted by atomic mass is 79.9. The Morgan fingerprint density at radius 1 is 1.11 bits per heavy atom. The molecule has 2 heterocycles. The maximum atomic E-state index is 12.7. The first-order chi connectivity index (χ1) is 12.9. The van der Waals surface area contributed by atoms with Crippen molar-refractivity contribution in [3.8, 4) is 0 Å². The zero-order valence-corrected chi connectivity index (χ0v) is 18.0. The topological polar surface area (TPSA) is 66.5 Å². The number of halogens is 1. The van der Waals surface area contributed by atoms with E-state index >= 15 is 0 Å². The molecule has 1 aliphatic carbocycles. The fraction of sp³-hybridized carbons (Fsp3) is 0.421. The molecule has 2 aliphatic rings. The van der Waals surface area contributed by atoms with E-state index in [1.165, 1.54) is 33.2 Å². The van der Waals surface area contributed by atoms with Crippen LogP contribution in [0.2, 0.25) is 0 Å². The summed E-state index contributed by atoms with van der Waals surface area (Å²) in [6, 6.07) is 9.52. The van der Waals surface area contributed by atoms with Crippen LogP contribution in [0, 0.1) is 5.92 Å². The van der Waals surface area contributed by atoms with E-state index in [0.29, 0.717) is 30.1 Å². The second kappa shape index (κ2) is 7.66. The number of sulfonamides is 1. The van der Waals surface area contributed by atoms with E-state index < -0.39 is 10.0 Å². The van der Waals surface area contributed by atoms with Crippen molar-refractivity contribution in [1.29, 1.82) is 0 Å². The molecule has 0 bridgehead atoms. The molecule has 27 heavy (non-hydrogen) atoms. The molecule has 1 aromatic heterocycles. The summed E-state index contributed by atoms with van der Waals surface area (Å²) in [5, 5.41) is 3.02. The molecule has 0 atom stereocenters. The van der Waals surface area contributed by atoms with Gasteiger partial charge >= 0.3 is 0 Å². The number of rotatable bonds is 4. The van der Waals surface area contributed by atoms with Crippen LogP contribution in [0.15, 0.2) is 38.3 Å². The molecule has 8 heteroatoms. The van der Waals surface area contributed by atoms with Gasteiger partial charge in [-0.25, -0.2) is 8.42 Å². The molecule has 1 N–H and O–H groups in total. The van der Waals surface area contributed by atoms with Gasteiger partial charge in [0, 0.05) is 24.7 Å². The maximum absolute atomic E-state index is 12.7. The summed E-state index contributed by atoms with van der Waals surface area (Å²) < 4.78 is 28.0. The van der Waals surface area contributed by atoms with E-state index in [1.54, 1.807) is 12.1 Å². The molecule has 1 saturated heterocycles. The van der Waals surface area contributed by atoms with E-state index in [-0.39, 0.29) is 11.8 Å². The number of piperidine rings is 1. The third-order valence-electron chi connectivity index (χ3n) is 5.33. The summed E-state index contributed by atoms with van der Waals surface area (Å²) in [6.07, 6.45) is 4.47. The normalized spacial score (nSPS) is 18.4. The highest BCUT2D eigenvalue weighted by Gasteiger charge is 2.33. The minimum atomic E-state index is -3.47. The summed E-state index contributed by atoms with van der Waals surface area (Å²) >= 11 is 4.52. The number of amides is 1. The van der Waals surface area contributed by atoms with Gasteiger partial charge in [-0.2, -0.15) is 4.31 Å². The molecule has 0 radical (unpaired) electrons. The number of nitrogens with one attached hydrogen (secondary N) is 1. The molecular weight excluding hydrogens is 448 g/mol. The third-order valence-corrected chi connectivity index (χ3v) is 9.32. The van der Waals surface area contributed by atoms with Crippen LogP contribution in [-0.2, 0) is 27.7 Å². The van der Waals surface area contributed by atoms with Gasteiger partial charge in [0.15, 0.2) is 0 Å². The molecule has 0 spiro atoms. The predicted molar refractivity (Wildman–Crippen MR) is 111 cm³/mol. The zero-order valence-electron chi connectivity index (χ0n) is 14.8. The van der Waals surface area contributed by atoms with Gasteiger partial charge in [-0.15, -0.1) is 11.3 Å². The standard InChI is InChI=1S/C19H21BrN2O3S2/c20-17-6-7-18(26-17)27(24,25)22-10-8-14(9-11-22)19(23)21-16-5-4-13-2-1-3-15(13)12-16/h4-7,12,14H,1-3,8-11H2,(H,21,23). The SMILES string of the molecule is O=C(Nc1ccc2c(c1)CCC2)C1CCN(S(=O)(=O)c2ccc(Br)s2)CC1. The van der Waals surface area contributed by atoms with E-state index in [4.69, 9.17) is 0 Å². The Morgan fingerprint density at radius 3 is 2.56 bits per heavy atom. The van der Waals surface area contributed by atoms with Crippen molar-refractivity contribution >= 4 is 48.9 Å². The van der Waals surface area contributed by atoms with Crippen LogP contribution in [0.5, 0.6) is 0 Å². The number of hydrogen-bond acceptors (Lipinski definition) is 4. The fourth-order valence-electron chi connectivity index (χ4n) is 3.82. The van der Waals surface area contributed by atoms with Crippen molar-refractivity contribution < 1.29 is 13.2 Å². The lowest BCUT2D eigenvalue weighted by molar-refractivity contribution is -0.120. The van der Waals surface area contributed by atoms with Crippen LogP contribution in [-0.4, -0.2) is 31.7 Å². The van der Waals surface area contributed by atoms with Crippen molar-refractivity contribution in [3.63, 3.8) is 0 Å². The quantitative estimate of drug-likeness (QED) is 0.735. The predicted octanol–water partition coefficient (Wildman–Crippen LogP) is 4.04. The van der Waals surface area contributed by atoms with Crippen LogP contribution in [0.25, 0.3) is 0 Å². The molecule has 1 aromatic carbocycles. The van der Waals surface area contributed by atoms with E-state index in [1.807, 2.05) is 6.07 Å². The number of benzene rings is 1. The minimum absolute atomic E-state index is 0.0103. The number of fused-ring (bicyclic) bond motifs is 1. The lowest BCUT2D eigenvalue weighted by Gasteiger charge is -2.30. The first-order valence-corrected chi connectivity index (χ1v) is 12.2. The van der Waals surface area contributed by atoms with Crippen molar-refractivity contribution in [3.05, 3.63) is 45.2 Å². The number of hydrogen-bond donors (Lipinski definition) is 1. The average molecular weight is 469 g/mol. The molecule has 1 amide bonds. The number of carbonyl (C=O) groups is 1. The van der Waals surface area contributed by atoms with Crippen LogP contribution in [0.4, 0.5) is 5.69 Å². The van der Waals surface area contributed by atoms with Gasteiger partial charge in [0.1, 0.15) is 4.21 Å². The highest BCUT2D eigenvalue weighted by Crippen LogP contribution is 2.31. The fourth-order valence-corrected chi connectivity index (χ4v) is 7.45. The van der Waals surface area contributed by atoms with Crippen molar-refractivity contribution in [1.82, 2.24) is 4.31 Å². The van der Waals surface area contributed by atoms with Crippen LogP contribution < -0.4 is 5.32 Å². The maximum Gasteiger partial charge on any atom is 0.252 e. The minimum Gasteiger partial charge on any atom is -0.326 e. The van der Waals surface area contributed by atoms with Crippen molar-refractivity contribution in [2.24, 2.45) is 5.92 Å². The van der Waals surface area contributed by atoms with E-state index in [2.05, 4.69) is 33.4 Å². The van der Waals surface area contributed by atoms with Gasteiger partial charge in [-0.1, -0.05) is 6.07 Å². The van der Waals surface area contributed by atoms with Gasteiger partial charge in [0.25, 0.3) is 10.0 Å². The first-order valence-electron chi connectivity index (χ1n) is 9.11. The van der Waals surface area contributed by atoms with Gasteiger partial charge in [-0.3, -0.25) is 4.79 Å². The summed E-state index contributed by atoms with van der Waals surface area (Å²) in [5.74, 6) is -0.163. The van der Waals surface area contributed by atoms with Crippen LogP contribution >= 0.6 is 27.3 Å². The molecule has 0 unspecified atom stereocenters. The molecule has 5 nitrogen and oxygen atoms in total. The van der Waals surface area contributed by atoms with Gasteiger partial charge in [0.05, 0.1) is 3.79 Å². The van der Waals surface area contributed by atoms with Gasteiger partial charge < -0.3 is 5.32 Å². The summed E-state index contributed by atoms with van der Waals surface area (Å²) in [7, 11) is -3.47. The molecule has 1 fully saturated rings. The Hall–Kier alpha value is -1.22. The average Bonchev–Trinajstić information content (AvgIpc) is 3.30. The third kappa shape index (κ3) is 3.99. The van der Waals surface area contributed by atoms with E-state index in [0.717, 1.165) is 22.3 Å². The molecule has 144 valence electrons. The number of nitrogens with zero attached hydrogens (tertiary/aromatic N) is 1. The Labute approximate surface area is 172 Å². The Morgan fingerprint density at radius 2 is 1.85 bits per heavy atom. The summed E-state index contributed by atoms with van der Waals surface area (Å²) in [5.41, 5.74) is 3.56. The number of aryl methyl sites for hydroxylation is 2. The zero-order chi connectivity index (χ0) is 19.0. The molecule has 1 aliphatic heterocycles. The lowest BCUT2D eigenvalue weighted by Crippen LogP contribution is -2.41. The second-order valence-corrected chi connectivity index (χ2v) is 11.7. The van der Waals surface area contributed by atoms with Gasteiger partial charge in [0.2, 0.25) is 5.91 Å². The van der Waals surface area contributed by atoms with Crippen molar-refractivity contribution in [2.75, 3.05) is 18.4 Å². The van der Waals surface area contributed by atoms with Crippen LogP contribution in [0.3, 0.4) is 0 Å². The smallest absolute Gasteiger partial charge is 0.252 e. The summed E-state index contributed by atoms with van der Waals surface area (Å²) in [6.45, 7) is 0.750. The molecule has 2 aromatic rings. The van der Waals surface area contributed by atoms with Crippen molar-refractivity contribution in [2.45, 2.75) is 36.3 Å². The van der Waals surface area contributed by atoms with E-state index in [9.17, 15) is 13.2 Å². The Balaban J connectivity index is 1.37. The lowest BCUT2D eigenvalue weighted by atomic mass is 9.97. The molecular formula is C19H21BrN2O3S2. The highest BCUT2D eigenvalue weighted by molar-refractivity contribution is 9.11. The Kier molecular flexibility index (Phi) is 5.42. The number of anilines is 1. The largest absolute Gasteiger partial charge is 0.326 e. The number of thiophene rings is 1. The monoisotopic (exact) mass is 468 g/mol. The Bertz CT molecular complexity index is 963. The van der Waals surface area contributed by atoms with Crippen LogP contribution in [0.1, 0.15) is 30.4 Å².